The molecule has 2 nitrogen and oxygen atoms in total. The Balaban J connectivity index is 1.92. The number of hydrogen-bond donors (Lipinski definition) is 2. The Bertz CT molecular complexity index is 409. The van der Waals surface area contributed by atoms with Crippen LogP contribution in [0.1, 0.15) is 31.2 Å². The summed E-state index contributed by atoms with van der Waals surface area (Å²) in [6.07, 6.45) is -2.76. The number of rotatable bonds is 4. The van der Waals surface area contributed by atoms with Crippen LogP contribution in [0.25, 0.3) is 0 Å². The van der Waals surface area contributed by atoms with Gasteiger partial charge in [0.2, 0.25) is 0 Å². The lowest BCUT2D eigenvalue weighted by atomic mass is 9.76. The zero-order valence-electron chi connectivity index (χ0n) is 11.4. The van der Waals surface area contributed by atoms with Gasteiger partial charge in [0.25, 0.3) is 0 Å². The molecule has 1 aromatic rings. The predicted octanol–water partition coefficient (Wildman–Crippen LogP) is 3.23. The normalized spacial score (nSPS) is 27.5. The minimum atomic E-state index is -4.07. The molecule has 0 amide bonds. The van der Waals surface area contributed by atoms with Crippen LogP contribution in [0, 0.1) is 5.92 Å². The predicted molar refractivity (Wildman–Crippen MR) is 73.1 cm³/mol. The molecule has 5 heteroatoms. The lowest BCUT2D eigenvalue weighted by Gasteiger charge is -2.40. The number of nitrogens with two attached hydrogens (primary N) is 1. The molecule has 0 radical (unpaired) electrons. The van der Waals surface area contributed by atoms with Gasteiger partial charge in [-0.3, -0.25) is 0 Å². The highest BCUT2D eigenvalue weighted by molar-refractivity contribution is 5.15. The van der Waals surface area contributed by atoms with E-state index in [1.165, 1.54) is 0 Å². The zero-order chi connectivity index (χ0) is 14.6. The van der Waals surface area contributed by atoms with E-state index < -0.39 is 12.1 Å². The maximum absolute atomic E-state index is 12.7. The molecule has 1 fully saturated rings. The van der Waals surface area contributed by atoms with Crippen molar-refractivity contribution in [2.45, 2.75) is 43.9 Å². The molecule has 0 unspecified atom stereocenters. The van der Waals surface area contributed by atoms with E-state index in [0.29, 0.717) is 25.9 Å². The molecule has 0 spiro atoms. The summed E-state index contributed by atoms with van der Waals surface area (Å²) in [4.78, 5) is 0. The Kier molecular flexibility index (Phi) is 4.70. The Labute approximate surface area is 117 Å². The van der Waals surface area contributed by atoms with Crippen molar-refractivity contribution in [1.29, 1.82) is 0 Å². The molecule has 0 bridgehead atoms. The lowest BCUT2D eigenvalue weighted by molar-refractivity contribution is -0.185. The second-order valence-electron chi connectivity index (χ2n) is 5.64. The minimum Gasteiger partial charge on any atom is -0.329 e. The first-order valence-electron chi connectivity index (χ1n) is 7.01. The number of alkyl halides is 3. The number of halogens is 3. The summed E-state index contributed by atoms with van der Waals surface area (Å²) in [5, 5.41) is 3.38. The van der Waals surface area contributed by atoms with Crippen LogP contribution < -0.4 is 11.1 Å². The molecule has 0 heterocycles. The molecule has 0 aliphatic heterocycles. The van der Waals surface area contributed by atoms with E-state index in [-0.39, 0.29) is 18.4 Å². The zero-order valence-corrected chi connectivity index (χ0v) is 11.4. The van der Waals surface area contributed by atoms with E-state index in [1.807, 2.05) is 30.3 Å². The Morgan fingerprint density at radius 1 is 1.15 bits per heavy atom. The average molecular weight is 286 g/mol. The van der Waals surface area contributed by atoms with Gasteiger partial charge in [-0.1, -0.05) is 30.3 Å². The molecule has 1 aromatic carbocycles. The third-order valence-electron chi connectivity index (χ3n) is 4.31. The fourth-order valence-corrected chi connectivity index (χ4v) is 2.84. The topological polar surface area (TPSA) is 38.0 Å². The van der Waals surface area contributed by atoms with Gasteiger partial charge in [-0.05, 0) is 31.2 Å². The summed E-state index contributed by atoms with van der Waals surface area (Å²) in [7, 11) is 0. The van der Waals surface area contributed by atoms with Gasteiger partial charge in [0.15, 0.2) is 0 Å². The quantitative estimate of drug-likeness (QED) is 0.892. The molecule has 1 aliphatic carbocycles. The van der Waals surface area contributed by atoms with Crippen LogP contribution >= 0.6 is 0 Å². The van der Waals surface area contributed by atoms with Crippen LogP contribution in [0.15, 0.2) is 30.3 Å². The van der Waals surface area contributed by atoms with E-state index in [2.05, 4.69) is 5.32 Å². The van der Waals surface area contributed by atoms with Crippen molar-refractivity contribution in [2.75, 3.05) is 6.54 Å². The summed E-state index contributed by atoms with van der Waals surface area (Å²) in [6.45, 7) is 1.03. The number of hydrogen-bond acceptors (Lipinski definition) is 2. The monoisotopic (exact) mass is 286 g/mol. The Morgan fingerprint density at radius 2 is 1.75 bits per heavy atom. The summed E-state index contributed by atoms with van der Waals surface area (Å²) in [6, 6.07) is 9.84. The van der Waals surface area contributed by atoms with Crippen LogP contribution in [-0.4, -0.2) is 18.3 Å². The van der Waals surface area contributed by atoms with E-state index in [4.69, 9.17) is 5.73 Å². The van der Waals surface area contributed by atoms with Crippen molar-refractivity contribution in [3.05, 3.63) is 35.9 Å². The number of nitrogens with one attached hydrogen (secondary N) is 1. The average Bonchev–Trinajstić information content (AvgIpc) is 2.46. The van der Waals surface area contributed by atoms with E-state index >= 15 is 0 Å². The van der Waals surface area contributed by atoms with Crippen LogP contribution in [0.4, 0.5) is 13.2 Å². The maximum Gasteiger partial charge on any atom is 0.391 e. The van der Waals surface area contributed by atoms with Crippen LogP contribution in [0.2, 0.25) is 0 Å². The smallest absolute Gasteiger partial charge is 0.329 e. The third kappa shape index (κ3) is 3.73. The number of benzene rings is 1. The second-order valence-corrected chi connectivity index (χ2v) is 5.64. The Hall–Kier alpha value is -1.07. The van der Waals surface area contributed by atoms with Gasteiger partial charge in [0.05, 0.1) is 5.92 Å². The van der Waals surface area contributed by atoms with Gasteiger partial charge in [-0.2, -0.15) is 13.2 Å². The molecule has 20 heavy (non-hydrogen) atoms. The first kappa shape index (κ1) is 15.3. The Morgan fingerprint density at radius 3 is 2.25 bits per heavy atom. The highest BCUT2D eigenvalue weighted by Crippen LogP contribution is 2.40. The standard InChI is InChI=1S/C15H21F3N2/c16-15(17,18)13-6-8-14(11-19,9-7-13)20-10-12-4-2-1-3-5-12/h1-5,13,20H,6-11,19H2. The van der Waals surface area contributed by atoms with E-state index in [9.17, 15) is 13.2 Å². The second kappa shape index (κ2) is 6.14. The van der Waals surface area contributed by atoms with Crippen LogP contribution in [0.5, 0.6) is 0 Å². The van der Waals surface area contributed by atoms with Gasteiger partial charge in [0, 0.05) is 18.6 Å². The molecular formula is C15H21F3N2. The van der Waals surface area contributed by atoms with Gasteiger partial charge in [-0.25, -0.2) is 0 Å². The molecule has 0 atom stereocenters. The van der Waals surface area contributed by atoms with Gasteiger partial charge in [-0.15, -0.1) is 0 Å². The van der Waals surface area contributed by atoms with Crippen molar-refractivity contribution in [3.63, 3.8) is 0 Å². The molecule has 3 N–H and O–H groups in total. The molecule has 2 rings (SSSR count). The molecule has 1 saturated carbocycles. The lowest BCUT2D eigenvalue weighted by Crippen LogP contribution is -2.53. The third-order valence-corrected chi connectivity index (χ3v) is 4.31. The first-order valence-corrected chi connectivity index (χ1v) is 7.01. The molecule has 0 aromatic heterocycles. The van der Waals surface area contributed by atoms with Crippen LogP contribution in [-0.2, 0) is 6.54 Å². The van der Waals surface area contributed by atoms with Crippen LogP contribution in [0.3, 0.4) is 0 Å². The largest absolute Gasteiger partial charge is 0.391 e. The molecule has 0 saturated heterocycles. The molecule has 1 aliphatic rings. The molecule has 112 valence electrons. The fourth-order valence-electron chi connectivity index (χ4n) is 2.84. The van der Waals surface area contributed by atoms with Gasteiger partial charge < -0.3 is 11.1 Å². The highest BCUT2D eigenvalue weighted by atomic mass is 19.4. The van der Waals surface area contributed by atoms with Crippen molar-refractivity contribution in [2.24, 2.45) is 11.7 Å². The summed E-state index contributed by atoms with van der Waals surface area (Å²) >= 11 is 0. The minimum absolute atomic E-state index is 0.169. The van der Waals surface area contributed by atoms with Crippen molar-refractivity contribution in [1.82, 2.24) is 5.32 Å². The molecular weight excluding hydrogens is 265 g/mol. The van der Waals surface area contributed by atoms with E-state index in [0.717, 1.165) is 5.56 Å². The fraction of sp³-hybridized carbons (Fsp3) is 0.600. The van der Waals surface area contributed by atoms with Crippen molar-refractivity contribution >= 4 is 0 Å². The van der Waals surface area contributed by atoms with Crippen molar-refractivity contribution in [3.8, 4) is 0 Å². The van der Waals surface area contributed by atoms with E-state index in [1.54, 1.807) is 0 Å². The maximum atomic E-state index is 12.7. The summed E-state index contributed by atoms with van der Waals surface area (Å²) in [5.41, 5.74) is 6.59. The highest BCUT2D eigenvalue weighted by Gasteiger charge is 2.45. The van der Waals surface area contributed by atoms with Gasteiger partial charge in [0.1, 0.15) is 0 Å². The summed E-state index contributed by atoms with van der Waals surface area (Å²) in [5.74, 6) is -1.17. The SMILES string of the molecule is NCC1(NCc2ccccc2)CCC(C(F)(F)F)CC1. The van der Waals surface area contributed by atoms with Gasteiger partial charge >= 0.3 is 6.18 Å². The van der Waals surface area contributed by atoms with Crippen molar-refractivity contribution < 1.29 is 13.2 Å². The first-order chi connectivity index (χ1) is 9.45. The summed E-state index contributed by atoms with van der Waals surface area (Å²) < 4.78 is 38.1.